The number of anilines is 1. The second-order valence-electron chi connectivity index (χ2n) is 5.40. The zero-order valence-corrected chi connectivity index (χ0v) is 15.2. The minimum Gasteiger partial charge on any atom is -0.493 e. The van der Waals surface area contributed by atoms with Crippen LogP contribution >= 0.6 is 0 Å². The monoisotopic (exact) mass is 367 g/mol. The lowest BCUT2D eigenvalue weighted by Gasteiger charge is -2.09. The van der Waals surface area contributed by atoms with Crippen molar-refractivity contribution in [2.24, 2.45) is 0 Å². The van der Waals surface area contributed by atoms with Crippen LogP contribution in [0.4, 0.5) is 5.69 Å². The molecule has 1 amide bonds. The Hall–Kier alpha value is -3.54. The van der Waals surface area contributed by atoms with Gasteiger partial charge in [0.2, 0.25) is 5.91 Å². The summed E-state index contributed by atoms with van der Waals surface area (Å²) >= 11 is 0. The van der Waals surface area contributed by atoms with Crippen LogP contribution in [0.25, 0.3) is 6.08 Å². The van der Waals surface area contributed by atoms with Crippen LogP contribution in [0.1, 0.15) is 15.9 Å². The summed E-state index contributed by atoms with van der Waals surface area (Å²) in [6, 6.07) is 11.8. The standard InChI is InChI=1S/C21H21NO5/c1-4-13-27-18-11-5-15(14-19(18)25-2)6-12-20(23)22-17-9-7-16(8-10-17)21(24)26-3/h4-12,14H,1,13H2,2-3H3,(H,22,23)/b12-6+. The van der Waals surface area contributed by atoms with E-state index in [1.165, 1.54) is 13.2 Å². The van der Waals surface area contributed by atoms with Gasteiger partial charge in [-0.05, 0) is 48.0 Å². The van der Waals surface area contributed by atoms with Crippen molar-refractivity contribution in [3.05, 3.63) is 72.3 Å². The van der Waals surface area contributed by atoms with Gasteiger partial charge in [0, 0.05) is 11.8 Å². The summed E-state index contributed by atoms with van der Waals surface area (Å²) < 4.78 is 15.4. The number of hydrogen-bond acceptors (Lipinski definition) is 5. The van der Waals surface area contributed by atoms with Gasteiger partial charge in [-0.25, -0.2) is 4.79 Å². The van der Waals surface area contributed by atoms with E-state index in [1.54, 1.807) is 55.7 Å². The molecular weight excluding hydrogens is 346 g/mol. The third-order valence-electron chi connectivity index (χ3n) is 3.55. The molecule has 6 nitrogen and oxygen atoms in total. The minimum atomic E-state index is -0.428. The van der Waals surface area contributed by atoms with Crippen molar-refractivity contribution in [3.63, 3.8) is 0 Å². The Morgan fingerprint density at radius 3 is 2.44 bits per heavy atom. The molecule has 2 aromatic rings. The molecular formula is C21H21NO5. The summed E-state index contributed by atoms with van der Waals surface area (Å²) in [5, 5.41) is 2.72. The van der Waals surface area contributed by atoms with Gasteiger partial charge in [0.05, 0.1) is 19.8 Å². The summed E-state index contributed by atoms with van der Waals surface area (Å²) in [6.07, 6.45) is 4.72. The van der Waals surface area contributed by atoms with E-state index >= 15 is 0 Å². The highest BCUT2D eigenvalue weighted by atomic mass is 16.5. The summed E-state index contributed by atoms with van der Waals surface area (Å²) in [5.74, 6) is 0.441. The van der Waals surface area contributed by atoms with Crippen molar-refractivity contribution in [1.82, 2.24) is 0 Å². The van der Waals surface area contributed by atoms with Gasteiger partial charge in [0.25, 0.3) is 0 Å². The van der Waals surface area contributed by atoms with Crippen molar-refractivity contribution in [2.75, 3.05) is 26.1 Å². The number of ether oxygens (including phenoxy) is 3. The number of amides is 1. The summed E-state index contributed by atoms with van der Waals surface area (Å²) in [4.78, 5) is 23.5. The molecule has 0 saturated carbocycles. The van der Waals surface area contributed by atoms with E-state index < -0.39 is 5.97 Å². The van der Waals surface area contributed by atoms with Crippen LogP contribution < -0.4 is 14.8 Å². The fraction of sp³-hybridized carbons (Fsp3) is 0.143. The van der Waals surface area contributed by atoms with Crippen LogP contribution in [0.2, 0.25) is 0 Å². The SMILES string of the molecule is C=CCOc1ccc(/C=C/C(=O)Nc2ccc(C(=O)OC)cc2)cc1OC. The second-order valence-corrected chi connectivity index (χ2v) is 5.40. The molecule has 27 heavy (non-hydrogen) atoms. The molecule has 0 spiro atoms. The molecule has 6 heteroatoms. The highest BCUT2D eigenvalue weighted by Crippen LogP contribution is 2.28. The zero-order valence-electron chi connectivity index (χ0n) is 15.2. The lowest BCUT2D eigenvalue weighted by molar-refractivity contribution is -0.111. The first-order valence-corrected chi connectivity index (χ1v) is 8.16. The Balaban J connectivity index is 2.01. The van der Waals surface area contributed by atoms with Gasteiger partial charge in [-0.3, -0.25) is 4.79 Å². The first-order chi connectivity index (χ1) is 13.1. The molecule has 0 unspecified atom stereocenters. The van der Waals surface area contributed by atoms with Crippen molar-refractivity contribution in [2.45, 2.75) is 0 Å². The smallest absolute Gasteiger partial charge is 0.337 e. The number of esters is 1. The van der Waals surface area contributed by atoms with Gasteiger partial charge >= 0.3 is 5.97 Å². The number of nitrogens with one attached hydrogen (secondary N) is 1. The van der Waals surface area contributed by atoms with E-state index in [9.17, 15) is 9.59 Å². The molecule has 2 rings (SSSR count). The Kier molecular flexibility index (Phi) is 7.19. The molecule has 0 fully saturated rings. The number of methoxy groups -OCH3 is 2. The number of rotatable bonds is 8. The Labute approximate surface area is 158 Å². The van der Waals surface area contributed by atoms with Crippen LogP contribution in [-0.4, -0.2) is 32.7 Å². The highest BCUT2D eigenvalue weighted by molar-refractivity contribution is 6.02. The Morgan fingerprint density at radius 2 is 1.81 bits per heavy atom. The molecule has 0 aliphatic heterocycles. The Morgan fingerprint density at radius 1 is 1.07 bits per heavy atom. The lowest BCUT2D eigenvalue weighted by Crippen LogP contribution is -2.08. The van der Waals surface area contributed by atoms with Crippen LogP contribution in [0.5, 0.6) is 11.5 Å². The molecule has 1 N–H and O–H groups in total. The molecule has 140 valence electrons. The fourth-order valence-corrected chi connectivity index (χ4v) is 2.22. The normalized spacial score (nSPS) is 10.3. The van der Waals surface area contributed by atoms with Gasteiger partial charge in [-0.2, -0.15) is 0 Å². The summed E-state index contributed by atoms with van der Waals surface area (Å²) in [7, 11) is 2.87. The number of benzene rings is 2. The molecule has 0 aromatic heterocycles. The lowest BCUT2D eigenvalue weighted by atomic mass is 10.2. The van der Waals surface area contributed by atoms with Gasteiger partial charge in [-0.15, -0.1) is 0 Å². The van der Waals surface area contributed by atoms with Crippen LogP contribution in [-0.2, 0) is 9.53 Å². The maximum absolute atomic E-state index is 12.1. The predicted molar refractivity (Wildman–Crippen MR) is 104 cm³/mol. The predicted octanol–water partition coefficient (Wildman–Crippen LogP) is 3.70. The molecule has 0 saturated heterocycles. The molecule has 0 bridgehead atoms. The maximum Gasteiger partial charge on any atom is 0.337 e. The molecule has 0 heterocycles. The number of carbonyl (C=O) groups excluding carboxylic acids is 2. The third kappa shape index (κ3) is 5.74. The van der Waals surface area contributed by atoms with E-state index in [0.29, 0.717) is 29.4 Å². The topological polar surface area (TPSA) is 73.9 Å². The van der Waals surface area contributed by atoms with E-state index in [2.05, 4.69) is 16.6 Å². The number of carbonyl (C=O) groups is 2. The largest absolute Gasteiger partial charge is 0.493 e. The van der Waals surface area contributed by atoms with Crippen LogP contribution in [0.15, 0.2) is 61.2 Å². The first-order valence-electron chi connectivity index (χ1n) is 8.16. The number of hydrogen-bond donors (Lipinski definition) is 1. The molecule has 2 aromatic carbocycles. The van der Waals surface area contributed by atoms with E-state index in [4.69, 9.17) is 9.47 Å². The maximum atomic E-state index is 12.1. The van der Waals surface area contributed by atoms with Crippen molar-refractivity contribution in [3.8, 4) is 11.5 Å². The quantitative estimate of drug-likeness (QED) is 0.437. The fourth-order valence-electron chi connectivity index (χ4n) is 2.22. The van der Waals surface area contributed by atoms with Gasteiger partial charge < -0.3 is 19.5 Å². The van der Waals surface area contributed by atoms with Gasteiger partial charge in [0.15, 0.2) is 11.5 Å². The van der Waals surface area contributed by atoms with Crippen molar-refractivity contribution >= 4 is 23.6 Å². The Bertz CT molecular complexity index is 840. The third-order valence-corrected chi connectivity index (χ3v) is 3.55. The van der Waals surface area contributed by atoms with E-state index in [1.807, 2.05) is 6.07 Å². The zero-order chi connectivity index (χ0) is 19.6. The van der Waals surface area contributed by atoms with E-state index in [0.717, 1.165) is 5.56 Å². The van der Waals surface area contributed by atoms with Crippen molar-refractivity contribution < 1.29 is 23.8 Å². The average molecular weight is 367 g/mol. The van der Waals surface area contributed by atoms with Crippen molar-refractivity contribution in [1.29, 1.82) is 0 Å². The molecule has 0 atom stereocenters. The molecule has 0 aliphatic carbocycles. The van der Waals surface area contributed by atoms with Gasteiger partial charge in [-0.1, -0.05) is 18.7 Å². The average Bonchev–Trinajstić information content (AvgIpc) is 2.70. The van der Waals surface area contributed by atoms with E-state index in [-0.39, 0.29) is 5.91 Å². The minimum absolute atomic E-state index is 0.299. The van der Waals surface area contributed by atoms with Gasteiger partial charge in [0.1, 0.15) is 6.61 Å². The first kappa shape index (κ1) is 19.8. The van der Waals surface area contributed by atoms with Crippen LogP contribution in [0.3, 0.4) is 0 Å². The highest BCUT2D eigenvalue weighted by Gasteiger charge is 2.06. The molecule has 0 aliphatic rings. The van der Waals surface area contributed by atoms with Crippen LogP contribution in [0, 0.1) is 0 Å². The molecule has 0 radical (unpaired) electrons. The summed E-state index contributed by atoms with van der Waals surface area (Å²) in [5.41, 5.74) is 1.77. The summed E-state index contributed by atoms with van der Waals surface area (Å²) in [6.45, 7) is 3.98. The second kappa shape index (κ2) is 9.82.